The molecule has 0 heterocycles. The maximum atomic E-state index is 12.3. The fraction of sp³-hybridized carbons (Fsp3) is 0.0909. The Morgan fingerprint density at radius 3 is 2.32 bits per heavy atom. The number of ether oxygens (including phenoxy) is 1. The third-order valence-corrected chi connectivity index (χ3v) is 4.22. The summed E-state index contributed by atoms with van der Waals surface area (Å²) in [7, 11) is 0. The van der Waals surface area contributed by atoms with Gasteiger partial charge in [0, 0.05) is 23.1 Å². The van der Waals surface area contributed by atoms with Crippen molar-refractivity contribution in [2.75, 3.05) is 22.6 Å². The molecule has 0 spiro atoms. The third kappa shape index (κ3) is 6.04. The molecule has 0 aliphatic heterocycles. The van der Waals surface area contributed by atoms with Crippen molar-refractivity contribution in [3.8, 4) is 5.75 Å². The molecule has 3 aromatic carbocycles. The molecule has 3 aromatic rings. The Bertz CT molecular complexity index is 1100. The molecule has 3 N–H and O–H groups in total. The van der Waals surface area contributed by atoms with E-state index in [4.69, 9.17) is 4.74 Å². The van der Waals surface area contributed by atoms with Crippen LogP contribution in [-0.2, 0) is 4.79 Å². The minimum atomic E-state index is -0.576. The highest BCUT2D eigenvalue weighted by atomic mass is 16.6. The van der Waals surface area contributed by atoms with Gasteiger partial charge in [-0.2, -0.15) is 0 Å². The van der Waals surface area contributed by atoms with Gasteiger partial charge in [0.15, 0.2) is 12.4 Å². The monoisotopic (exact) mass is 420 g/mol. The first-order valence-corrected chi connectivity index (χ1v) is 9.32. The molecule has 0 saturated carbocycles. The van der Waals surface area contributed by atoms with E-state index >= 15 is 0 Å². The number of urea groups is 1. The quantitative estimate of drug-likeness (QED) is 0.382. The topological polar surface area (TPSA) is 123 Å². The van der Waals surface area contributed by atoms with Gasteiger partial charge in [0.1, 0.15) is 0 Å². The fourth-order valence-electron chi connectivity index (χ4n) is 2.71. The van der Waals surface area contributed by atoms with E-state index in [9.17, 15) is 19.7 Å². The van der Waals surface area contributed by atoms with Gasteiger partial charge in [-0.15, -0.1) is 0 Å². The van der Waals surface area contributed by atoms with Gasteiger partial charge in [0.2, 0.25) is 0 Å². The predicted octanol–water partition coefficient (Wildman–Crippen LogP) is 4.56. The van der Waals surface area contributed by atoms with E-state index in [0.717, 1.165) is 5.56 Å². The first kappa shape index (κ1) is 21.3. The number of anilines is 3. The number of hydrogen-bond donors (Lipinski definition) is 3. The minimum absolute atomic E-state index is 0.00683. The first-order chi connectivity index (χ1) is 14.9. The number of benzene rings is 3. The summed E-state index contributed by atoms with van der Waals surface area (Å²) >= 11 is 0. The van der Waals surface area contributed by atoms with E-state index in [1.165, 1.54) is 18.2 Å². The van der Waals surface area contributed by atoms with E-state index < -0.39 is 23.5 Å². The summed E-state index contributed by atoms with van der Waals surface area (Å²) < 4.78 is 5.30. The van der Waals surface area contributed by atoms with Crippen molar-refractivity contribution >= 4 is 34.7 Å². The molecule has 3 rings (SSSR count). The van der Waals surface area contributed by atoms with Crippen molar-refractivity contribution < 1.29 is 19.2 Å². The van der Waals surface area contributed by atoms with E-state index in [1.807, 2.05) is 6.07 Å². The number of para-hydroxylation sites is 3. The largest absolute Gasteiger partial charge is 0.477 e. The second-order valence-corrected chi connectivity index (χ2v) is 6.54. The minimum Gasteiger partial charge on any atom is -0.477 e. The number of hydrogen-bond acceptors (Lipinski definition) is 5. The zero-order valence-electron chi connectivity index (χ0n) is 16.6. The van der Waals surface area contributed by atoms with Crippen LogP contribution in [0.3, 0.4) is 0 Å². The van der Waals surface area contributed by atoms with Gasteiger partial charge >= 0.3 is 11.7 Å². The molecule has 0 aromatic heterocycles. The zero-order valence-corrected chi connectivity index (χ0v) is 16.6. The Labute approximate surface area is 178 Å². The standard InChI is InChI=1S/C22H20N4O5/c1-15-11-12-17(24-22(28)23-16-7-3-2-4-8-16)13-18(15)25-21(27)14-31-20-10-6-5-9-19(20)26(29)30/h2-13H,14H2,1H3,(H,25,27)(H2,23,24,28). The molecule has 0 radical (unpaired) electrons. The summed E-state index contributed by atoms with van der Waals surface area (Å²) in [4.78, 5) is 34.9. The lowest BCUT2D eigenvalue weighted by Gasteiger charge is -2.13. The number of aryl methyl sites for hydroxylation is 1. The van der Waals surface area contributed by atoms with Crippen molar-refractivity contribution in [3.63, 3.8) is 0 Å². The first-order valence-electron chi connectivity index (χ1n) is 9.32. The van der Waals surface area contributed by atoms with Gasteiger partial charge in [-0.3, -0.25) is 14.9 Å². The second kappa shape index (κ2) is 9.88. The van der Waals surface area contributed by atoms with Crippen LogP contribution < -0.4 is 20.7 Å². The average Bonchev–Trinajstić information content (AvgIpc) is 2.75. The number of carbonyl (C=O) groups excluding carboxylic acids is 2. The van der Waals surface area contributed by atoms with Crippen LogP contribution >= 0.6 is 0 Å². The van der Waals surface area contributed by atoms with Crippen molar-refractivity contribution in [3.05, 3.63) is 88.5 Å². The van der Waals surface area contributed by atoms with Gasteiger partial charge in [-0.25, -0.2) is 4.79 Å². The van der Waals surface area contributed by atoms with Gasteiger partial charge < -0.3 is 20.7 Å². The number of amides is 3. The van der Waals surface area contributed by atoms with E-state index in [1.54, 1.807) is 55.5 Å². The molecule has 0 bridgehead atoms. The van der Waals surface area contributed by atoms with Crippen LogP contribution in [0.15, 0.2) is 72.8 Å². The number of nitro benzene ring substituents is 1. The van der Waals surface area contributed by atoms with Crippen LogP contribution in [0.5, 0.6) is 5.75 Å². The molecule has 9 heteroatoms. The molecule has 31 heavy (non-hydrogen) atoms. The van der Waals surface area contributed by atoms with Crippen LogP contribution in [0.1, 0.15) is 5.56 Å². The lowest BCUT2D eigenvalue weighted by molar-refractivity contribution is -0.385. The van der Waals surface area contributed by atoms with Gasteiger partial charge in [-0.1, -0.05) is 36.4 Å². The Balaban J connectivity index is 1.60. The highest BCUT2D eigenvalue weighted by Crippen LogP contribution is 2.26. The number of nitrogens with zero attached hydrogens (tertiary/aromatic N) is 1. The SMILES string of the molecule is Cc1ccc(NC(=O)Nc2ccccc2)cc1NC(=O)COc1ccccc1[N+](=O)[O-]. The van der Waals surface area contributed by atoms with Crippen molar-refractivity contribution in [2.24, 2.45) is 0 Å². The summed E-state index contributed by atoms with van der Waals surface area (Å²) in [6.45, 7) is 1.39. The molecular formula is C22H20N4O5. The lowest BCUT2D eigenvalue weighted by Crippen LogP contribution is -2.22. The number of nitro groups is 1. The van der Waals surface area contributed by atoms with Crippen LogP contribution in [0.4, 0.5) is 27.5 Å². The highest BCUT2D eigenvalue weighted by Gasteiger charge is 2.15. The Morgan fingerprint density at radius 1 is 0.903 bits per heavy atom. The van der Waals surface area contributed by atoms with Crippen LogP contribution in [0.2, 0.25) is 0 Å². The molecule has 3 amide bonds. The second-order valence-electron chi connectivity index (χ2n) is 6.54. The number of carbonyl (C=O) groups is 2. The fourth-order valence-corrected chi connectivity index (χ4v) is 2.71. The maximum absolute atomic E-state index is 12.3. The molecule has 0 saturated heterocycles. The molecule has 0 fully saturated rings. The predicted molar refractivity (Wildman–Crippen MR) is 117 cm³/mol. The van der Waals surface area contributed by atoms with Crippen LogP contribution in [-0.4, -0.2) is 23.5 Å². The van der Waals surface area contributed by atoms with Gasteiger partial charge in [0.25, 0.3) is 5.91 Å². The third-order valence-electron chi connectivity index (χ3n) is 4.22. The summed E-state index contributed by atoms with van der Waals surface area (Å²) in [5, 5.41) is 19.1. The van der Waals surface area contributed by atoms with Gasteiger partial charge in [0.05, 0.1) is 4.92 Å². The highest BCUT2D eigenvalue weighted by molar-refractivity contribution is 6.00. The molecule has 0 aliphatic carbocycles. The maximum Gasteiger partial charge on any atom is 0.323 e. The van der Waals surface area contributed by atoms with E-state index in [-0.39, 0.29) is 11.4 Å². The Morgan fingerprint density at radius 2 is 1.58 bits per heavy atom. The van der Waals surface area contributed by atoms with Crippen LogP contribution in [0.25, 0.3) is 0 Å². The van der Waals surface area contributed by atoms with Crippen molar-refractivity contribution in [2.45, 2.75) is 6.92 Å². The van der Waals surface area contributed by atoms with E-state index in [2.05, 4.69) is 16.0 Å². The van der Waals surface area contributed by atoms with Crippen molar-refractivity contribution in [1.29, 1.82) is 0 Å². The molecular weight excluding hydrogens is 400 g/mol. The van der Waals surface area contributed by atoms with Crippen molar-refractivity contribution in [1.82, 2.24) is 0 Å². The summed E-state index contributed by atoms with van der Waals surface area (Å²) in [6.07, 6.45) is 0. The molecule has 0 atom stereocenters. The Kier molecular flexibility index (Phi) is 6.79. The number of rotatable bonds is 7. The molecule has 158 valence electrons. The Hall–Kier alpha value is -4.40. The van der Waals surface area contributed by atoms with Gasteiger partial charge in [-0.05, 0) is 42.8 Å². The summed E-state index contributed by atoms with van der Waals surface area (Å²) in [6, 6.07) is 19.4. The summed E-state index contributed by atoms with van der Waals surface area (Å²) in [5.41, 5.74) is 2.16. The zero-order chi connectivity index (χ0) is 22.2. The normalized spacial score (nSPS) is 10.1. The molecule has 0 aliphatic rings. The molecule has 9 nitrogen and oxygen atoms in total. The smallest absolute Gasteiger partial charge is 0.323 e. The van der Waals surface area contributed by atoms with E-state index in [0.29, 0.717) is 17.1 Å². The van der Waals surface area contributed by atoms with Crippen LogP contribution in [0, 0.1) is 17.0 Å². The molecule has 0 unspecified atom stereocenters. The average molecular weight is 420 g/mol. The lowest BCUT2D eigenvalue weighted by atomic mass is 10.2. The number of nitrogens with one attached hydrogen (secondary N) is 3. The summed E-state index contributed by atoms with van der Waals surface area (Å²) in [5.74, 6) is -0.487.